The van der Waals surface area contributed by atoms with E-state index in [-0.39, 0.29) is 29.7 Å². The number of aromatic nitrogens is 3. The standard InChI is InChI=1S/C14H18N4O3/c1-7(2)14-17-9(4)12(21-14)13(20)15-6-10-16-8(3)5-11(19)18-10/h5,7H,6H2,1-4H3,(H,15,20)(H,16,18,19). The second-order valence-corrected chi connectivity index (χ2v) is 5.14. The zero-order valence-electron chi connectivity index (χ0n) is 12.5. The Bertz CT molecular complexity index is 715. The molecular weight excluding hydrogens is 272 g/mol. The van der Waals surface area contributed by atoms with Gasteiger partial charge in [-0.3, -0.25) is 9.59 Å². The van der Waals surface area contributed by atoms with Crippen molar-refractivity contribution in [2.45, 2.75) is 40.2 Å². The molecule has 21 heavy (non-hydrogen) atoms. The number of carbonyl (C=O) groups is 1. The van der Waals surface area contributed by atoms with Gasteiger partial charge >= 0.3 is 0 Å². The van der Waals surface area contributed by atoms with E-state index in [1.165, 1.54) is 6.07 Å². The van der Waals surface area contributed by atoms with Crippen molar-refractivity contribution >= 4 is 5.91 Å². The molecule has 0 fully saturated rings. The third-order valence-electron chi connectivity index (χ3n) is 2.85. The predicted molar refractivity (Wildman–Crippen MR) is 76.1 cm³/mol. The van der Waals surface area contributed by atoms with Crippen LogP contribution in [0.15, 0.2) is 15.3 Å². The average Bonchev–Trinajstić information content (AvgIpc) is 2.77. The Labute approximate surface area is 121 Å². The zero-order chi connectivity index (χ0) is 15.6. The molecule has 2 aromatic rings. The number of amides is 1. The Kier molecular flexibility index (Phi) is 4.21. The predicted octanol–water partition coefficient (Wildman–Crippen LogP) is 1.43. The van der Waals surface area contributed by atoms with Crippen molar-refractivity contribution in [3.63, 3.8) is 0 Å². The number of aryl methyl sites for hydroxylation is 2. The quantitative estimate of drug-likeness (QED) is 0.887. The maximum atomic E-state index is 12.1. The molecule has 0 aliphatic heterocycles. The molecule has 0 saturated heterocycles. The van der Waals surface area contributed by atoms with Gasteiger partial charge in [0.05, 0.1) is 12.2 Å². The van der Waals surface area contributed by atoms with Crippen LogP contribution in [0.25, 0.3) is 0 Å². The second kappa shape index (κ2) is 5.90. The summed E-state index contributed by atoms with van der Waals surface area (Å²) < 4.78 is 5.46. The smallest absolute Gasteiger partial charge is 0.289 e. The maximum Gasteiger partial charge on any atom is 0.289 e. The van der Waals surface area contributed by atoms with Crippen LogP contribution in [-0.2, 0) is 6.54 Å². The molecule has 0 unspecified atom stereocenters. The third-order valence-corrected chi connectivity index (χ3v) is 2.85. The second-order valence-electron chi connectivity index (χ2n) is 5.14. The summed E-state index contributed by atoms with van der Waals surface area (Å²) in [4.78, 5) is 34.3. The van der Waals surface area contributed by atoms with E-state index in [1.807, 2.05) is 13.8 Å². The van der Waals surface area contributed by atoms with Crippen LogP contribution in [0, 0.1) is 13.8 Å². The van der Waals surface area contributed by atoms with Crippen LogP contribution in [0.2, 0.25) is 0 Å². The molecule has 1 amide bonds. The minimum absolute atomic E-state index is 0.111. The van der Waals surface area contributed by atoms with Gasteiger partial charge in [-0.25, -0.2) is 9.97 Å². The fourth-order valence-electron chi connectivity index (χ4n) is 1.84. The number of H-pyrrole nitrogens is 1. The Morgan fingerprint density at radius 1 is 1.38 bits per heavy atom. The van der Waals surface area contributed by atoms with E-state index in [1.54, 1.807) is 13.8 Å². The van der Waals surface area contributed by atoms with Gasteiger partial charge in [-0.2, -0.15) is 0 Å². The van der Waals surface area contributed by atoms with Gasteiger partial charge in [0.15, 0.2) is 5.89 Å². The summed E-state index contributed by atoms with van der Waals surface area (Å²) in [5, 5.41) is 2.66. The van der Waals surface area contributed by atoms with Gasteiger partial charge in [0.1, 0.15) is 5.82 Å². The summed E-state index contributed by atoms with van der Waals surface area (Å²) in [6.07, 6.45) is 0. The van der Waals surface area contributed by atoms with Gasteiger partial charge in [0.2, 0.25) is 5.76 Å². The lowest BCUT2D eigenvalue weighted by Gasteiger charge is -2.04. The zero-order valence-corrected chi connectivity index (χ0v) is 12.5. The summed E-state index contributed by atoms with van der Waals surface area (Å²) in [5.74, 6) is 0.846. The normalized spacial score (nSPS) is 10.9. The molecule has 0 aromatic carbocycles. The maximum absolute atomic E-state index is 12.1. The molecule has 0 aliphatic rings. The van der Waals surface area contributed by atoms with E-state index in [4.69, 9.17) is 4.42 Å². The molecule has 112 valence electrons. The first kappa shape index (κ1) is 15.0. The van der Waals surface area contributed by atoms with E-state index in [0.29, 0.717) is 23.1 Å². The molecule has 2 aromatic heterocycles. The van der Waals surface area contributed by atoms with Gasteiger partial charge < -0.3 is 14.7 Å². The number of aromatic amines is 1. The third kappa shape index (κ3) is 3.56. The van der Waals surface area contributed by atoms with Crippen molar-refractivity contribution in [2.24, 2.45) is 0 Å². The van der Waals surface area contributed by atoms with Crippen LogP contribution in [0.3, 0.4) is 0 Å². The molecule has 7 nitrogen and oxygen atoms in total. The number of rotatable bonds is 4. The van der Waals surface area contributed by atoms with Crippen molar-refractivity contribution in [1.29, 1.82) is 0 Å². The SMILES string of the molecule is Cc1cc(=O)[nH]c(CNC(=O)c2oc(C(C)C)nc2C)n1. The van der Waals surface area contributed by atoms with Crippen LogP contribution in [-0.4, -0.2) is 20.9 Å². The van der Waals surface area contributed by atoms with E-state index < -0.39 is 0 Å². The first-order valence-corrected chi connectivity index (χ1v) is 6.69. The number of carbonyl (C=O) groups excluding carboxylic acids is 1. The van der Waals surface area contributed by atoms with E-state index in [2.05, 4.69) is 20.3 Å². The Hall–Kier alpha value is -2.44. The van der Waals surface area contributed by atoms with Gasteiger partial charge in [-0.15, -0.1) is 0 Å². The molecule has 0 bridgehead atoms. The number of nitrogens with one attached hydrogen (secondary N) is 2. The highest BCUT2D eigenvalue weighted by atomic mass is 16.4. The number of hydrogen-bond donors (Lipinski definition) is 2. The fraction of sp³-hybridized carbons (Fsp3) is 0.429. The average molecular weight is 290 g/mol. The topological polar surface area (TPSA) is 101 Å². The lowest BCUT2D eigenvalue weighted by atomic mass is 10.2. The minimum atomic E-state index is -0.379. The first-order valence-electron chi connectivity index (χ1n) is 6.69. The summed E-state index contributed by atoms with van der Waals surface area (Å²) in [5.41, 5.74) is 0.896. The van der Waals surface area contributed by atoms with Crippen LogP contribution in [0.1, 0.15) is 53.4 Å². The van der Waals surface area contributed by atoms with Crippen molar-refractivity contribution in [3.8, 4) is 0 Å². The first-order chi connectivity index (χ1) is 9.86. The molecule has 2 rings (SSSR count). The molecule has 2 N–H and O–H groups in total. The van der Waals surface area contributed by atoms with Crippen molar-refractivity contribution < 1.29 is 9.21 Å². The molecule has 0 aliphatic carbocycles. The van der Waals surface area contributed by atoms with Crippen LogP contribution < -0.4 is 10.9 Å². The van der Waals surface area contributed by atoms with Crippen molar-refractivity contribution in [1.82, 2.24) is 20.3 Å². The van der Waals surface area contributed by atoms with E-state index >= 15 is 0 Å². The Balaban J connectivity index is 2.09. The molecule has 7 heteroatoms. The highest BCUT2D eigenvalue weighted by Crippen LogP contribution is 2.17. The highest BCUT2D eigenvalue weighted by molar-refractivity contribution is 5.92. The molecule has 2 heterocycles. The summed E-state index contributed by atoms with van der Waals surface area (Å²) in [7, 11) is 0. The van der Waals surface area contributed by atoms with Gasteiger partial charge in [-0.05, 0) is 13.8 Å². The molecule has 0 spiro atoms. The van der Waals surface area contributed by atoms with E-state index in [0.717, 1.165) is 0 Å². The fourth-order valence-corrected chi connectivity index (χ4v) is 1.84. The van der Waals surface area contributed by atoms with Gasteiger partial charge in [0, 0.05) is 17.7 Å². The van der Waals surface area contributed by atoms with Crippen molar-refractivity contribution in [2.75, 3.05) is 0 Å². The summed E-state index contributed by atoms with van der Waals surface area (Å²) in [6, 6.07) is 1.39. The van der Waals surface area contributed by atoms with Crippen molar-refractivity contribution in [3.05, 3.63) is 45.3 Å². The summed E-state index contributed by atoms with van der Waals surface area (Å²) in [6.45, 7) is 7.43. The Morgan fingerprint density at radius 2 is 2.10 bits per heavy atom. The largest absolute Gasteiger partial charge is 0.435 e. The highest BCUT2D eigenvalue weighted by Gasteiger charge is 2.18. The van der Waals surface area contributed by atoms with E-state index in [9.17, 15) is 9.59 Å². The number of hydrogen-bond acceptors (Lipinski definition) is 5. The van der Waals surface area contributed by atoms with Crippen LogP contribution >= 0.6 is 0 Å². The molecule has 0 radical (unpaired) electrons. The lowest BCUT2D eigenvalue weighted by molar-refractivity contribution is 0.0919. The van der Waals surface area contributed by atoms with Gasteiger partial charge in [0.25, 0.3) is 11.5 Å². The number of oxazole rings is 1. The molecule has 0 atom stereocenters. The van der Waals surface area contributed by atoms with Gasteiger partial charge in [-0.1, -0.05) is 13.8 Å². The van der Waals surface area contributed by atoms with Crippen LogP contribution in [0.4, 0.5) is 0 Å². The summed E-state index contributed by atoms with van der Waals surface area (Å²) >= 11 is 0. The minimum Gasteiger partial charge on any atom is -0.435 e. The number of nitrogens with zero attached hydrogens (tertiary/aromatic N) is 2. The Morgan fingerprint density at radius 3 is 2.67 bits per heavy atom. The van der Waals surface area contributed by atoms with Crippen LogP contribution in [0.5, 0.6) is 0 Å². The lowest BCUT2D eigenvalue weighted by Crippen LogP contribution is -2.25. The monoisotopic (exact) mass is 290 g/mol. The molecular formula is C14H18N4O3. The molecule has 0 saturated carbocycles.